The molecular formula is C14H13BrN2S. The molecule has 0 saturated heterocycles. The van der Waals surface area contributed by atoms with E-state index >= 15 is 0 Å². The van der Waals surface area contributed by atoms with E-state index in [1.54, 1.807) is 11.3 Å². The fourth-order valence-electron chi connectivity index (χ4n) is 1.81. The number of halogens is 1. The number of thiophene rings is 1. The van der Waals surface area contributed by atoms with Crippen LogP contribution in [0.15, 0.2) is 39.5 Å². The first kappa shape index (κ1) is 13.1. The second kappa shape index (κ2) is 6.03. The van der Waals surface area contributed by atoms with Crippen molar-refractivity contribution in [2.75, 3.05) is 5.32 Å². The van der Waals surface area contributed by atoms with E-state index in [9.17, 15) is 0 Å². The molecule has 2 rings (SSSR count). The van der Waals surface area contributed by atoms with E-state index in [2.05, 4.69) is 51.1 Å². The van der Waals surface area contributed by atoms with Crippen LogP contribution in [0.4, 0.5) is 5.69 Å². The van der Waals surface area contributed by atoms with E-state index < -0.39 is 0 Å². The molecule has 0 spiro atoms. The zero-order valence-corrected chi connectivity index (χ0v) is 12.4. The second-order valence-corrected chi connectivity index (χ2v) is 5.88. The van der Waals surface area contributed by atoms with Crippen molar-refractivity contribution in [1.82, 2.24) is 0 Å². The van der Waals surface area contributed by atoms with Crippen LogP contribution >= 0.6 is 27.3 Å². The van der Waals surface area contributed by atoms with Crippen molar-refractivity contribution in [2.24, 2.45) is 0 Å². The minimum Gasteiger partial charge on any atom is -0.381 e. The molecule has 18 heavy (non-hydrogen) atoms. The molecule has 0 aliphatic heterocycles. The molecular weight excluding hydrogens is 308 g/mol. The average Bonchev–Trinajstić information content (AvgIpc) is 2.84. The smallest absolute Gasteiger partial charge is 0.101 e. The van der Waals surface area contributed by atoms with E-state index in [4.69, 9.17) is 5.26 Å². The topological polar surface area (TPSA) is 35.8 Å². The lowest BCUT2D eigenvalue weighted by Gasteiger charge is -2.15. The largest absolute Gasteiger partial charge is 0.381 e. The van der Waals surface area contributed by atoms with Crippen molar-refractivity contribution in [3.63, 3.8) is 0 Å². The Labute approximate surface area is 119 Å². The fourth-order valence-corrected chi connectivity index (χ4v) is 2.86. The summed E-state index contributed by atoms with van der Waals surface area (Å²) in [6.45, 7) is 2.13. The first-order valence-electron chi connectivity index (χ1n) is 5.66. The van der Waals surface area contributed by atoms with Gasteiger partial charge in [0.25, 0.3) is 0 Å². The van der Waals surface area contributed by atoms with Crippen LogP contribution in [-0.2, 0) is 6.42 Å². The highest BCUT2D eigenvalue weighted by atomic mass is 79.9. The monoisotopic (exact) mass is 320 g/mol. The summed E-state index contributed by atoms with van der Waals surface area (Å²) < 4.78 is 0.926. The fraction of sp³-hybridized carbons (Fsp3) is 0.214. The third-order valence-corrected chi connectivity index (χ3v) is 3.85. The summed E-state index contributed by atoms with van der Waals surface area (Å²) in [5, 5.41) is 16.7. The van der Waals surface area contributed by atoms with Crippen LogP contribution in [0.1, 0.15) is 18.1 Å². The zero-order valence-electron chi connectivity index (χ0n) is 9.98. The highest BCUT2D eigenvalue weighted by Crippen LogP contribution is 2.21. The molecule has 1 aromatic carbocycles. The van der Waals surface area contributed by atoms with Crippen LogP contribution in [0.2, 0.25) is 0 Å². The Hall–Kier alpha value is -1.31. The van der Waals surface area contributed by atoms with Crippen molar-refractivity contribution >= 4 is 33.0 Å². The maximum atomic E-state index is 9.10. The zero-order chi connectivity index (χ0) is 13.0. The summed E-state index contributed by atoms with van der Waals surface area (Å²) >= 11 is 5.09. The summed E-state index contributed by atoms with van der Waals surface area (Å²) in [6, 6.07) is 10.4. The minimum atomic E-state index is 0.299. The molecule has 2 aromatic rings. The molecule has 0 aliphatic carbocycles. The standard InChI is InChI=1S/C14H13BrN2S/c1-10(6-11-4-5-18-9-11)17-14-3-2-13(15)7-12(14)8-16/h2-5,7,9-10,17H,6H2,1H3. The van der Waals surface area contributed by atoms with Crippen molar-refractivity contribution < 1.29 is 0 Å². The number of nitriles is 1. The Bertz CT molecular complexity index is 558. The third kappa shape index (κ3) is 3.34. The van der Waals surface area contributed by atoms with Gasteiger partial charge in [-0.2, -0.15) is 16.6 Å². The summed E-state index contributed by atoms with van der Waals surface area (Å²) in [5.41, 5.74) is 2.89. The van der Waals surface area contributed by atoms with Gasteiger partial charge in [0.1, 0.15) is 6.07 Å². The van der Waals surface area contributed by atoms with Crippen molar-refractivity contribution in [2.45, 2.75) is 19.4 Å². The lowest BCUT2D eigenvalue weighted by atomic mass is 10.1. The van der Waals surface area contributed by atoms with Crippen LogP contribution in [0, 0.1) is 11.3 Å². The number of anilines is 1. The molecule has 92 valence electrons. The normalized spacial score (nSPS) is 11.8. The van der Waals surface area contributed by atoms with E-state index in [0.717, 1.165) is 16.6 Å². The molecule has 0 radical (unpaired) electrons. The number of rotatable bonds is 4. The number of benzene rings is 1. The highest BCUT2D eigenvalue weighted by molar-refractivity contribution is 9.10. The second-order valence-electron chi connectivity index (χ2n) is 4.18. The van der Waals surface area contributed by atoms with Gasteiger partial charge >= 0.3 is 0 Å². The Morgan fingerprint density at radius 1 is 1.44 bits per heavy atom. The number of nitrogens with zero attached hydrogens (tertiary/aromatic N) is 1. The maximum Gasteiger partial charge on any atom is 0.101 e. The van der Waals surface area contributed by atoms with Crippen LogP contribution in [0.3, 0.4) is 0 Å². The summed E-state index contributed by atoms with van der Waals surface area (Å²) in [5.74, 6) is 0. The van der Waals surface area contributed by atoms with Gasteiger partial charge in [0.2, 0.25) is 0 Å². The first-order valence-corrected chi connectivity index (χ1v) is 7.40. The predicted octanol–water partition coefficient (Wildman–Crippen LogP) is 4.43. The van der Waals surface area contributed by atoms with Crippen molar-refractivity contribution in [3.05, 3.63) is 50.6 Å². The van der Waals surface area contributed by atoms with E-state index in [-0.39, 0.29) is 0 Å². The molecule has 1 atom stereocenters. The van der Waals surface area contributed by atoms with Gasteiger partial charge in [0.15, 0.2) is 0 Å². The Morgan fingerprint density at radius 2 is 2.28 bits per heavy atom. The summed E-state index contributed by atoms with van der Waals surface area (Å²) in [7, 11) is 0. The lowest BCUT2D eigenvalue weighted by molar-refractivity contribution is 0.792. The molecule has 1 heterocycles. The summed E-state index contributed by atoms with van der Waals surface area (Å²) in [4.78, 5) is 0. The first-order chi connectivity index (χ1) is 8.69. The molecule has 2 nitrogen and oxygen atoms in total. The molecule has 1 aromatic heterocycles. The lowest BCUT2D eigenvalue weighted by Crippen LogP contribution is -2.18. The SMILES string of the molecule is CC(Cc1ccsc1)Nc1ccc(Br)cc1C#N. The average molecular weight is 321 g/mol. The third-order valence-electron chi connectivity index (χ3n) is 2.63. The van der Waals surface area contributed by atoms with Crippen LogP contribution < -0.4 is 5.32 Å². The molecule has 0 amide bonds. The van der Waals surface area contributed by atoms with Crippen molar-refractivity contribution in [1.29, 1.82) is 5.26 Å². The maximum absolute atomic E-state index is 9.10. The molecule has 1 N–H and O–H groups in total. The van der Waals surface area contributed by atoms with Crippen LogP contribution in [-0.4, -0.2) is 6.04 Å². The van der Waals surface area contributed by atoms with Gasteiger partial charge in [-0.3, -0.25) is 0 Å². The van der Waals surface area contributed by atoms with Gasteiger partial charge in [-0.1, -0.05) is 15.9 Å². The predicted molar refractivity (Wildman–Crippen MR) is 80.0 cm³/mol. The Morgan fingerprint density at radius 3 is 2.94 bits per heavy atom. The van der Waals surface area contributed by atoms with Crippen LogP contribution in [0.25, 0.3) is 0 Å². The van der Waals surface area contributed by atoms with Crippen LogP contribution in [0.5, 0.6) is 0 Å². The van der Waals surface area contributed by atoms with Gasteiger partial charge in [-0.25, -0.2) is 0 Å². The summed E-state index contributed by atoms with van der Waals surface area (Å²) in [6.07, 6.45) is 0.963. The highest BCUT2D eigenvalue weighted by Gasteiger charge is 2.07. The minimum absolute atomic E-state index is 0.299. The molecule has 1 unspecified atom stereocenters. The Balaban J connectivity index is 2.07. The van der Waals surface area contributed by atoms with E-state index in [1.165, 1.54) is 5.56 Å². The number of hydrogen-bond acceptors (Lipinski definition) is 3. The quantitative estimate of drug-likeness (QED) is 0.904. The van der Waals surface area contributed by atoms with Gasteiger partial charge in [0.05, 0.1) is 11.3 Å². The number of nitrogens with one attached hydrogen (secondary N) is 1. The van der Waals surface area contributed by atoms with E-state index in [1.807, 2.05) is 18.2 Å². The van der Waals surface area contributed by atoms with Gasteiger partial charge in [-0.15, -0.1) is 0 Å². The number of hydrogen-bond donors (Lipinski definition) is 1. The molecule has 0 saturated carbocycles. The van der Waals surface area contributed by atoms with Gasteiger partial charge < -0.3 is 5.32 Å². The van der Waals surface area contributed by atoms with Gasteiger partial charge in [0, 0.05) is 10.5 Å². The molecule has 0 fully saturated rings. The molecule has 0 aliphatic rings. The molecule has 4 heteroatoms. The Kier molecular flexibility index (Phi) is 4.40. The molecule has 0 bridgehead atoms. The van der Waals surface area contributed by atoms with Crippen molar-refractivity contribution in [3.8, 4) is 6.07 Å². The van der Waals surface area contributed by atoms with Gasteiger partial charge in [-0.05, 0) is 53.9 Å². The van der Waals surface area contributed by atoms with E-state index in [0.29, 0.717) is 11.6 Å².